The smallest absolute Gasteiger partial charge is 0.135 e. The highest BCUT2D eigenvalue weighted by Gasteiger charge is 2.32. The van der Waals surface area contributed by atoms with Crippen molar-refractivity contribution in [1.29, 1.82) is 0 Å². The molecule has 3 N–H and O–H groups in total. The van der Waals surface area contributed by atoms with Crippen molar-refractivity contribution in [3.63, 3.8) is 0 Å². The van der Waals surface area contributed by atoms with Gasteiger partial charge in [-0.15, -0.1) is 11.3 Å². The largest absolute Gasteiger partial charge is 0.460 e. The van der Waals surface area contributed by atoms with E-state index in [1.165, 1.54) is 75.5 Å². The summed E-state index contributed by atoms with van der Waals surface area (Å²) in [6.07, 6.45) is 8.91. The lowest BCUT2D eigenvalue weighted by molar-refractivity contribution is 0.203. The van der Waals surface area contributed by atoms with E-state index in [1.54, 1.807) is 0 Å². The molecule has 0 saturated carbocycles. The Bertz CT molecular complexity index is 3000. The molecule has 5 nitrogen and oxygen atoms in total. The minimum Gasteiger partial charge on any atom is -0.460 e. The number of benzene rings is 6. The van der Waals surface area contributed by atoms with Crippen LogP contribution in [0.3, 0.4) is 0 Å². The van der Waals surface area contributed by atoms with Crippen molar-refractivity contribution >= 4 is 65.8 Å². The summed E-state index contributed by atoms with van der Waals surface area (Å²) in [5.41, 5.74) is 12.2. The van der Waals surface area contributed by atoms with Crippen LogP contribution in [0, 0.1) is 5.92 Å². The van der Waals surface area contributed by atoms with Crippen LogP contribution in [0.15, 0.2) is 162 Å². The second kappa shape index (κ2) is 13.5. The first-order valence-corrected chi connectivity index (χ1v) is 21.3. The Balaban J connectivity index is 0.914. The van der Waals surface area contributed by atoms with E-state index in [2.05, 4.69) is 191 Å². The second-order valence-corrected chi connectivity index (χ2v) is 17.3. The molecule has 1 saturated heterocycles. The highest BCUT2D eigenvalue weighted by atomic mass is 32.1. The van der Waals surface area contributed by atoms with Gasteiger partial charge >= 0.3 is 0 Å². The van der Waals surface area contributed by atoms with Crippen LogP contribution in [0.5, 0.6) is 0 Å². The minimum absolute atomic E-state index is 0.0286. The maximum absolute atomic E-state index is 6.83. The molecule has 9 aromatic rings. The molecule has 2 aliphatic carbocycles. The predicted molar refractivity (Wildman–Crippen MR) is 240 cm³/mol. The van der Waals surface area contributed by atoms with Gasteiger partial charge in [-0.05, 0) is 70.0 Å². The molecule has 0 bridgehead atoms. The lowest BCUT2D eigenvalue weighted by Crippen LogP contribution is -2.54. The van der Waals surface area contributed by atoms with Crippen LogP contribution < -0.4 is 16.0 Å². The predicted octanol–water partition coefficient (Wildman–Crippen LogP) is 12.6. The van der Waals surface area contributed by atoms with E-state index < -0.39 is 0 Å². The number of nitrogens with one attached hydrogen (secondary N) is 3. The Kier molecular flexibility index (Phi) is 7.95. The number of para-hydroxylation sites is 2. The first-order chi connectivity index (χ1) is 28.6. The molecule has 0 radical (unpaired) electrons. The van der Waals surface area contributed by atoms with Gasteiger partial charge in [0.1, 0.15) is 11.3 Å². The quantitative estimate of drug-likeness (QED) is 0.163. The number of hydrogen-bond donors (Lipinski definition) is 3. The van der Waals surface area contributed by atoms with Crippen molar-refractivity contribution in [3.8, 4) is 0 Å². The topological polar surface area (TPSA) is 54.2 Å². The van der Waals surface area contributed by atoms with E-state index in [4.69, 9.17) is 4.42 Å². The highest BCUT2D eigenvalue weighted by molar-refractivity contribution is 7.19. The molecule has 3 aromatic heterocycles. The van der Waals surface area contributed by atoms with E-state index >= 15 is 0 Å². The zero-order valence-corrected chi connectivity index (χ0v) is 33.0. The van der Waals surface area contributed by atoms with Crippen molar-refractivity contribution in [2.45, 2.75) is 44.3 Å². The molecule has 6 aromatic carbocycles. The van der Waals surface area contributed by atoms with Crippen LogP contribution in [0.4, 0.5) is 0 Å². The summed E-state index contributed by atoms with van der Waals surface area (Å²) in [7, 11) is 0. The highest BCUT2D eigenvalue weighted by Crippen LogP contribution is 2.47. The van der Waals surface area contributed by atoms with Crippen molar-refractivity contribution in [2.75, 3.05) is 0 Å². The molecule has 282 valence electrons. The van der Waals surface area contributed by atoms with Gasteiger partial charge in [-0.2, -0.15) is 0 Å². The third kappa shape index (κ3) is 5.48. The van der Waals surface area contributed by atoms with Crippen LogP contribution in [0.2, 0.25) is 0 Å². The van der Waals surface area contributed by atoms with Gasteiger partial charge in [-0.25, -0.2) is 0 Å². The normalized spacial score (nSPS) is 21.7. The molecule has 4 heterocycles. The monoisotopic (exact) mass is 770 g/mol. The number of thiophene rings is 1. The number of fused-ring (bicyclic) bond motifs is 9. The van der Waals surface area contributed by atoms with Crippen molar-refractivity contribution in [3.05, 3.63) is 202 Å². The van der Waals surface area contributed by atoms with Crippen LogP contribution >= 0.6 is 11.3 Å². The SMILES string of the molecule is CC1C=C(c2ccc3c4c(sc3c2)C(n2c3ccccc3c3ccccc32)CC=C4)c2c(oc3cc(C4NC(c5ccccc5)NC(c5ccccc5)N4)ccc23)C1. The van der Waals surface area contributed by atoms with Crippen molar-refractivity contribution in [1.82, 2.24) is 20.5 Å². The Morgan fingerprint density at radius 3 is 1.93 bits per heavy atom. The fourth-order valence-electron chi connectivity index (χ4n) is 9.91. The second-order valence-electron chi connectivity index (χ2n) is 16.2. The van der Waals surface area contributed by atoms with E-state index in [9.17, 15) is 0 Å². The Morgan fingerprint density at radius 1 is 0.621 bits per heavy atom. The maximum atomic E-state index is 6.83. The van der Waals surface area contributed by atoms with Gasteiger partial charge in [0.2, 0.25) is 0 Å². The first-order valence-electron chi connectivity index (χ1n) is 20.5. The van der Waals surface area contributed by atoms with Gasteiger partial charge in [0, 0.05) is 54.1 Å². The molecular weight excluding hydrogens is 729 g/mol. The van der Waals surface area contributed by atoms with Crippen molar-refractivity contribution < 1.29 is 4.42 Å². The maximum Gasteiger partial charge on any atom is 0.135 e. The molecule has 12 rings (SSSR count). The van der Waals surface area contributed by atoms with Gasteiger partial charge in [0.15, 0.2) is 0 Å². The summed E-state index contributed by atoms with van der Waals surface area (Å²) in [6.45, 7) is 2.31. The van der Waals surface area contributed by atoms with E-state index in [1.807, 2.05) is 11.3 Å². The Labute approximate surface area is 341 Å². The number of allylic oxidation sites excluding steroid dienone is 2. The summed E-state index contributed by atoms with van der Waals surface area (Å²) >= 11 is 1.96. The summed E-state index contributed by atoms with van der Waals surface area (Å²) < 4.78 is 10.7. The fourth-order valence-corrected chi connectivity index (χ4v) is 11.2. The van der Waals surface area contributed by atoms with Crippen LogP contribution in [0.25, 0.3) is 54.5 Å². The minimum atomic E-state index is -0.0928. The molecule has 6 heteroatoms. The number of hydrogen-bond acceptors (Lipinski definition) is 5. The van der Waals surface area contributed by atoms with Gasteiger partial charge in [0.05, 0.1) is 24.5 Å². The summed E-state index contributed by atoms with van der Waals surface area (Å²) in [5.74, 6) is 1.44. The van der Waals surface area contributed by atoms with Crippen LogP contribution in [0.1, 0.15) is 81.9 Å². The average Bonchev–Trinajstić information content (AvgIpc) is 3.95. The third-order valence-electron chi connectivity index (χ3n) is 12.6. The number of rotatable bonds is 5. The number of aromatic nitrogens is 1. The zero-order valence-electron chi connectivity index (χ0n) is 32.2. The molecular formula is C52H42N4OS. The average molecular weight is 771 g/mol. The van der Waals surface area contributed by atoms with Gasteiger partial charge < -0.3 is 8.98 Å². The lowest BCUT2D eigenvalue weighted by atomic mass is 9.85. The van der Waals surface area contributed by atoms with Gasteiger partial charge in [-0.3, -0.25) is 16.0 Å². The molecule has 3 aliphatic rings. The molecule has 1 fully saturated rings. The summed E-state index contributed by atoms with van der Waals surface area (Å²) in [5, 5.41) is 16.6. The van der Waals surface area contributed by atoms with E-state index in [-0.39, 0.29) is 24.5 Å². The molecule has 58 heavy (non-hydrogen) atoms. The van der Waals surface area contributed by atoms with E-state index in [0.29, 0.717) is 5.92 Å². The summed E-state index contributed by atoms with van der Waals surface area (Å²) in [6, 6.07) is 53.2. The number of furan rings is 1. The molecule has 0 amide bonds. The Morgan fingerprint density at radius 2 is 1.24 bits per heavy atom. The fraction of sp³-hybridized carbons (Fsp3) is 0.154. The van der Waals surface area contributed by atoms with Crippen LogP contribution in [-0.4, -0.2) is 4.57 Å². The van der Waals surface area contributed by atoms with Gasteiger partial charge in [0.25, 0.3) is 0 Å². The Hall–Kier alpha value is -6.02. The third-order valence-corrected chi connectivity index (χ3v) is 13.8. The molecule has 1 aliphatic heterocycles. The standard InChI is InChI=1S/C52H42N4OS/c1-31-27-41(34-23-25-38-39-19-12-22-44(49(39)58-47(38)30-34)56-42-20-10-8-17-36(42)37-18-9-11-21-43(37)56)48-40-26-24-35(29-45(40)57-46(48)28-31)52-54-50(32-13-4-2-5-14-32)53-51(55-52)33-15-6-3-7-16-33/h2-21,23-27,29-31,44,50-55H,22,28H2,1H3. The van der Waals surface area contributed by atoms with Crippen LogP contribution in [-0.2, 0) is 6.42 Å². The van der Waals surface area contributed by atoms with Gasteiger partial charge in [-0.1, -0.05) is 146 Å². The van der Waals surface area contributed by atoms with E-state index in [0.717, 1.165) is 29.7 Å². The number of nitrogens with zero attached hydrogens (tertiary/aromatic N) is 1. The zero-order chi connectivity index (χ0) is 38.3. The first kappa shape index (κ1) is 34.1. The molecule has 4 atom stereocenters. The molecule has 4 unspecified atom stereocenters. The summed E-state index contributed by atoms with van der Waals surface area (Å²) in [4.78, 5) is 1.44. The van der Waals surface area contributed by atoms with Crippen molar-refractivity contribution in [2.24, 2.45) is 5.92 Å². The lowest BCUT2D eigenvalue weighted by Gasteiger charge is -2.39. The molecule has 0 spiro atoms.